The Hall–Kier alpha value is -0.0800. The lowest BCUT2D eigenvalue weighted by molar-refractivity contribution is -0.0921. The maximum absolute atomic E-state index is 5.75. The molecule has 0 N–H and O–H groups in total. The van der Waals surface area contributed by atoms with Gasteiger partial charge >= 0.3 is 0 Å². The fourth-order valence-corrected chi connectivity index (χ4v) is 2.09. The van der Waals surface area contributed by atoms with Crippen LogP contribution >= 0.6 is 0 Å². The predicted octanol–water partition coefficient (Wildman–Crippen LogP) is 1.75. The highest BCUT2D eigenvalue weighted by molar-refractivity contribution is 4.84. The van der Waals surface area contributed by atoms with E-state index < -0.39 is 0 Å². The van der Waals surface area contributed by atoms with Crippen LogP contribution in [0.4, 0.5) is 0 Å². The second kappa shape index (κ2) is 3.75. The summed E-state index contributed by atoms with van der Waals surface area (Å²) < 4.78 is 5.75. The average Bonchev–Trinajstić information content (AvgIpc) is 1.96. The van der Waals surface area contributed by atoms with Crippen molar-refractivity contribution in [2.24, 2.45) is 5.92 Å². The maximum atomic E-state index is 5.75. The number of ether oxygens (including phenoxy) is 1. The molecule has 0 spiro atoms. The minimum absolute atomic E-state index is 0.404. The van der Waals surface area contributed by atoms with E-state index in [1.807, 2.05) is 0 Å². The van der Waals surface area contributed by atoms with Crippen LogP contribution in [0, 0.1) is 5.92 Å². The fraction of sp³-hybridized carbons (Fsp3) is 1.00. The van der Waals surface area contributed by atoms with E-state index in [4.69, 9.17) is 4.74 Å². The van der Waals surface area contributed by atoms with Gasteiger partial charge in [0.05, 0.1) is 12.2 Å². The first kappa shape index (κ1) is 10.0. The Morgan fingerprint density at radius 2 is 1.75 bits per heavy atom. The monoisotopic (exact) mass is 171 g/mol. The topological polar surface area (TPSA) is 12.5 Å². The molecule has 4 atom stereocenters. The SMILES string of the molecule is CC1O[C@H](C)CC(N(C)C)[C@H]1C. The van der Waals surface area contributed by atoms with Gasteiger partial charge in [0.1, 0.15) is 0 Å². The van der Waals surface area contributed by atoms with Crippen LogP contribution in [0.1, 0.15) is 27.2 Å². The Labute approximate surface area is 75.9 Å². The first-order valence-electron chi connectivity index (χ1n) is 4.84. The molecular weight excluding hydrogens is 150 g/mol. The molecule has 0 saturated carbocycles. The molecule has 1 fully saturated rings. The number of hydrogen-bond acceptors (Lipinski definition) is 2. The van der Waals surface area contributed by atoms with Gasteiger partial charge in [0.15, 0.2) is 0 Å². The molecule has 2 unspecified atom stereocenters. The molecule has 1 aliphatic heterocycles. The van der Waals surface area contributed by atoms with Crippen LogP contribution in [-0.4, -0.2) is 37.2 Å². The second-order valence-electron chi connectivity index (χ2n) is 4.28. The van der Waals surface area contributed by atoms with Gasteiger partial charge in [-0.1, -0.05) is 6.92 Å². The molecule has 0 aromatic rings. The van der Waals surface area contributed by atoms with Crippen molar-refractivity contribution in [1.82, 2.24) is 4.90 Å². The summed E-state index contributed by atoms with van der Waals surface area (Å²) in [5.41, 5.74) is 0. The van der Waals surface area contributed by atoms with Gasteiger partial charge in [0.2, 0.25) is 0 Å². The Morgan fingerprint density at radius 1 is 1.17 bits per heavy atom. The molecule has 1 rings (SSSR count). The van der Waals surface area contributed by atoms with E-state index in [1.54, 1.807) is 0 Å². The van der Waals surface area contributed by atoms with Crippen molar-refractivity contribution in [3.05, 3.63) is 0 Å². The highest BCUT2D eigenvalue weighted by Gasteiger charge is 2.32. The molecule has 0 radical (unpaired) electrons. The summed E-state index contributed by atoms with van der Waals surface area (Å²) in [5.74, 6) is 0.649. The molecule has 0 aromatic carbocycles. The molecule has 72 valence electrons. The van der Waals surface area contributed by atoms with E-state index in [1.165, 1.54) is 6.42 Å². The van der Waals surface area contributed by atoms with Crippen LogP contribution in [0.5, 0.6) is 0 Å². The van der Waals surface area contributed by atoms with E-state index in [-0.39, 0.29) is 0 Å². The molecule has 12 heavy (non-hydrogen) atoms. The van der Waals surface area contributed by atoms with Crippen molar-refractivity contribution in [1.29, 1.82) is 0 Å². The summed E-state index contributed by atoms with van der Waals surface area (Å²) in [6, 6.07) is 0.684. The first-order valence-corrected chi connectivity index (χ1v) is 4.84. The van der Waals surface area contributed by atoms with Crippen LogP contribution in [0.3, 0.4) is 0 Å². The zero-order chi connectivity index (χ0) is 9.30. The molecule has 0 aromatic heterocycles. The molecule has 2 heteroatoms. The first-order chi connectivity index (χ1) is 5.52. The lowest BCUT2D eigenvalue weighted by Crippen LogP contribution is -2.47. The van der Waals surface area contributed by atoms with Crippen LogP contribution in [0.15, 0.2) is 0 Å². The average molecular weight is 171 g/mol. The van der Waals surface area contributed by atoms with Gasteiger partial charge in [-0.3, -0.25) is 0 Å². The van der Waals surface area contributed by atoms with Crippen LogP contribution in [-0.2, 0) is 4.74 Å². The Bertz CT molecular complexity index is 147. The van der Waals surface area contributed by atoms with Crippen LogP contribution in [0.25, 0.3) is 0 Å². The number of nitrogens with zero attached hydrogens (tertiary/aromatic N) is 1. The largest absolute Gasteiger partial charge is 0.375 e. The van der Waals surface area contributed by atoms with E-state index in [0.717, 1.165) is 0 Å². The molecular formula is C10H21NO. The quantitative estimate of drug-likeness (QED) is 0.596. The Kier molecular flexibility index (Phi) is 3.13. The predicted molar refractivity (Wildman–Crippen MR) is 51.3 cm³/mol. The summed E-state index contributed by atoms with van der Waals surface area (Å²) in [6.45, 7) is 6.62. The second-order valence-corrected chi connectivity index (χ2v) is 4.28. The summed E-state index contributed by atoms with van der Waals surface area (Å²) in [7, 11) is 4.32. The standard InChI is InChI=1S/C10H21NO/c1-7-6-10(11(4)5)8(2)9(3)12-7/h7-10H,6H2,1-5H3/t7-,8+,9?,10?/m1/s1. The van der Waals surface area contributed by atoms with Gasteiger partial charge in [-0.2, -0.15) is 0 Å². The summed E-state index contributed by atoms with van der Waals surface area (Å²) >= 11 is 0. The number of hydrogen-bond donors (Lipinski definition) is 0. The number of rotatable bonds is 1. The lowest BCUT2D eigenvalue weighted by atomic mass is 9.88. The zero-order valence-corrected chi connectivity index (χ0v) is 8.87. The third-order valence-electron chi connectivity index (χ3n) is 3.03. The molecule has 2 nitrogen and oxygen atoms in total. The van der Waals surface area contributed by atoms with Crippen molar-refractivity contribution in [2.45, 2.75) is 45.4 Å². The third kappa shape index (κ3) is 1.99. The van der Waals surface area contributed by atoms with Gasteiger partial charge in [0, 0.05) is 6.04 Å². The van der Waals surface area contributed by atoms with Gasteiger partial charge < -0.3 is 9.64 Å². The Balaban J connectivity index is 2.60. The summed E-state index contributed by atoms with van der Waals surface area (Å²) in [6.07, 6.45) is 1.99. The van der Waals surface area contributed by atoms with Crippen molar-refractivity contribution in [3.63, 3.8) is 0 Å². The summed E-state index contributed by atoms with van der Waals surface area (Å²) in [4.78, 5) is 2.32. The minimum atomic E-state index is 0.404. The molecule has 1 saturated heterocycles. The minimum Gasteiger partial charge on any atom is -0.375 e. The van der Waals surface area contributed by atoms with Crippen molar-refractivity contribution < 1.29 is 4.74 Å². The van der Waals surface area contributed by atoms with Gasteiger partial charge in [-0.05, 0) is 40.3 Å². The maximum Gasteiger partial charge on any atom is 0.0591 e. The van der Waals surface area contributed by atoms with Crippen LogP contribution < -0.4 is 0 Å². The Morgan fingerprint density at radius 3 is 2.25 bits per heavy atom. The fourth-order valence-electron chi connectivity index (χ4n) is 2.09. The zero-order valence-electron chi connectivity index (χ0n) is 8.87. The molecule has 1 heterocycles. The van der Waals surface area contributed by atoms with Crippen molar-refractivity contribution in [3.8, 4) is 0 Å². The van der Waals surface area contributed by atoms with Crippen molar-refractivity contribution >= 4 is 0 Å². The van der Waals surface area contributed by atoms with Gasteiger partial charge in [0.25, 0.3) is 0 Å². The molecule has 0 bridgehead atoms. The molecule has 0 amide bonds. The van der Waals surface area contributed by atoms with E-state index in [2.05, 4.69) is 39.8 Å². The van der Waals surface area contributed by atoms with Gasteiger partial charge in [-0.15, -0.1) is 0 Å². The lowest BCUT2D eigenvalue weighted by Gasteiger charge is -2.41. The molecule has 0 aliphatic carbocycles. The van der Waals surface area contributed by atoms with E-state index >= 15 is 0 Å². The van der Waals surface area contributed by atoms with Gasteiger partial charge in [-0.25, -0.2) is 0 Å². The van der Waals surface area contributed by atoms with E-state index in [9.17, 15) is 0 Å². The third-order valence-corrected chi connectivity index (χ3v) is 3.03. The van der Waals surface area contributed by atoms with Crippen molar-refractivity contribution in [2.75, 3.05) is 14.1 Å². The normalized spacial score (nSPS) is 43.5. The smallest absolute Gasteiger partial charge is 0.0591 e. The molecule has 1 aliphatic rings. The highest BCUT2D eigenvalue weighted by atomic mass is 16.5. The van der Waals surface area contributed by atoms with E-state index in [0.29, 0.717) is 24.2 Å². The summed E-state index contributed by atoms with van der Waals surface area (Å²) in [5, 5.41) is 0. The highest BCUT2D eigenvalue weighted by Crippen LogP contribution is 2.27. The van der Waals surface area contributed by atoms with Crippen LogP contribution in [0.2, 0.25) is 0 Å².